The van der Waals surface area contributed by atoms with Crippen molar-refractivity contribution < 1.29 is 19.1 Å². The Bertz CT molecular complexity index is 797. The standard InChI is InChI=1S/C18H18Cl2N2O4/c1-9(23)21-15-7-17(25-3)11(5-13(15)19)12-6-14(20)16(22-10(2)24)8-18(12)26-4/h5-8H,1-4H3,(H,21,23)(H,22,24). The zero-order valence-electron chi connectivity index (χ0n) is 14.7. The molecule has 0 spiro atoms. The maximum Gasteiger partial charge on any atom is 0.221 e. The zero-order chi connectivity index (χ0) is 19.4. The minimum Gasteiger partial charge on any atom is -0.496 e. The highest BCUT2D eigenvalue weighted by Gasteiger charge is 2.18. The average Bonchev–Trinajstić information content (AvgIpc) is 2.57. The second-order valence-corrected chi connectivity index (χ2v) is 6.24. The van der Waals surface area contributed by atoms with Gasteiger partial charge in [-0.2, -0.15) is 0 Å². The molecule has 26 heavy (non-hydrogen) atoms. The Morgan fingerprint density at radius 2 is 1.12 bits per heavy atom. The van der Waals surface area contributed by atoms with Crippen LogP contribution in [0.2, 0.25) is 10.0 Å². The number of nitrogens with one attached hydrogen (secondary N) is 2. The molecule has 0 unspecified atom stereocenters. The van der Waals surface area contributed by atoms with E-state index in [2.05, 4.69) is 10.6 Å². The third-order valence-electron chi connectivity index (χ3n) is 3.49. The monoisotopic (exact) mass is 396 g/mol. The van der Waals surface area contributed by atoms with Gasteiger partial charge in [0, 0.05) is 37.1 Å². The van der Waals surface area contributed by atoms with Crippen molar-refractivity contribution in [3.63, 3.8) is 0 Å². The Morgan fingerprint density at radius 1 is 0.769 bits per heavy atom. The van der Waals surface area contributed by atoms with E-state index in [0.717, 1.165) is 0 Å². The van der Waals surface area contributed by atoms with Gasteiger partial charge in [-0.05, 0) is 12.1 Å². The van der Waals surface area contributed by atoms with Crippen LogP contribution < -0.4 is 20.1 Å². The zero-order valence-corrected chi connectivity index (χ0v) is 16.2. The molecule has 0 atom stereocenters. The van der Waals surface area contributed by atoms with Crippen molar-refractivity contribution in [2.24, 2.45) is 0 Å². The highest BCUT2D eigenvalue weighted by atomic mass is 35.5. The lowest BCUT2D eigenvalue weighted by Crippen LogP contribution is -2.07. The van der Waals surface area contributed by atoms with E-state index in [0.29, 0.717) is 44.0 Å². The van der Waals surface area contributed by atoms with Gasteiger partial charge in [0.1, 0.15) is 11.5 Å². The number of amides is 2. The molecule has 2 rings (SSSR count). The molecule has 0 aliphatic heterocycles. The van der Waals surface area contributed by atoms with Crippen LogP contribution in [-0.2, 0) is 9.59 Å². The van der Waals surface area contributed by atoms with Gasteiger partial charge in [0.2, 0.25) is 11.8 Å². The molecule has 0 aliphatic carbocycles. The lowest BCUT2D eigenvalue weighted by Gasteiger charge is -2.17. The first-order valence-corrected chi connectivity index (χ1v) is 8.33. The van der Waals surface area contributed by atoms with Gasteiger partial charge >= 0.3 is 0 Å². The van der Waals surface area contributed by atoms with Gasteiger partial charge < -0.3 is 20.1 Å². The number of rotatable bonds is 5. The van der Waals surface area contributed by atoms with Crippen LogP contribution >= 0.6 is 23.2 Å². The fourth-order valence-electron chi connectivity index (χ4n) is 2.44. The van der Waals surface area contributed by atoms with Crippen LogP contribution in [0.5, 0.6) is 11.5 Å². The summed E-state index contributed by atoms with van der Waals surface area (Å²) < 4.78 is 10.9. The molecule has 0 bridgehead atoms. The van der Waals surface area contributed by atoms with Crippen LogP contribution in [0.4, 0.5) is 11.4 Å². The van der Waals surface area contributed by atoms with Crippen LogP contribution in [0.15, 0.2) is 24.3 Å². The average molecular weight is 397 g/mol. The lowest BCUT2D eigenvalue weighted by atomic mass is 10.0. The van der Waals surface area contributed by atoms with Crippen molar-refractivity contribution in [3.05, 3.63) is 34.3 Å². The minimum atomic E-state index is -0.248. The Balaban J connectivity index is 2.63. The van der Waals surface area contributed by atoms with Gasteiger partial charge in [0.25, 0.3) is 0 Å². The normalized spacial score (nSPS) is 10.2. The molecule has 0 aromatic heterocycles. The number of anilines is 2. The van der Waals surface area contributed by atoms with E-state index in [1.165, 1.54) is 28.1 Å². The maximum atomic E-state index is 11.3. The smallest absolute Gasteiger partial charge is 0.221 e. The molecule has 2 aromatic rings. The molecule has 0 radical (unpaired) electrons. The minimum absolute atomic E-state index is 0.248. The summed E-state index contributed by atoms with van der Waals surface area (Å²) in [5, 5.41) is 5.95. The van der Waals surface area contributed by atoms with E-state index in [4.69, 9.17) is 32.7 Å². The molecule has 0 saturated heterocycles. The van der Waals surface area contributed by atoms with Gasteiger partial charge in [0.15, 0.2) is 0 Å². The van der Waals surface area contributed by atoms with Gasteiger partial charge in [0.05, 0.1) is 35.6 Å². The number of carbonyl (C=O) groups is 2. The first kappa shape index (κ1) is 19.9. The second-order valence-electron chi connectivity index (χ2n) is 5.43. The van der Waals surface area contributed by atoms with Crippen molar-refractivity contribution in [2.75, 3.05) is 24.9 Å². The first-order chi connectivity index (χ1) is 12.3. The third-order valence-corrected chi connectivity index (χ3v) is 4.12. The van der Waals surface area contributed by atoms with Crippen LogP contribution in [-0.4, -0.2) is 26.0 Å². The quantitative estimate of drug-likeness (QED) is 0.774. The van der Waals surface area contributed by atoms with E-state index in [1.54, 1.807) is 24.3 Å². The van der Waals surface area contributed by atoms with E-state index >= 15 is 0 Å². The Morgan fingerprint density at radius 3 is 1.38 bits per heavy atom. The maximum absolute atomic E-state index is 11.3. The topological polar surface area (TPSA) is 76.7 Å². The highest BCUT2D eigenvalue weighted by molar-refractivity contribution is 6.35. The molecule has 2 aromatic carbocycles. The molecule has 0 fully saturated rings. The number of hydrogen-bond acceptors (Lipinski definition) is 4. The first-order valence-electron chi connectivity index (χ1n) is 7.57. The van der Waals surface area contributed by atoms with Crippen molar-refractivity contribution in [3.8, 4) is 22.6 Å². The van der Waals surface area contributed by atoms with Crippen molar-refractivity contribution >= 4 is 46.4 Å². The van der Waals surface area contributed by atoms with E-state index in [1.807, 2.05) is 0 Å². The lowest BCUT2D eigenvalue weighted by molar-refractivity contribution is -0.115. The number of methoxy groups -OCH3 is 2. The number of carbonyl (C=O) groups excluding carboxylic acids is 2. The summed E-state index contributed by atoms with van der Waals surface area (Å²) in [5.74, 6) is 0.448. The van der Waals surface area contributed by atoms with Crippen LogP contribution in [0.1, 0.15) is 13.8 Å². The molecule has 0 heterocycles. The molecular weight excluding hydrogens is 379 g/mol. The number of halogens is 2. The van der Waals surface area contributed by atoms with Crippen molar-refractivity contribution in [2.45, 2.75) is 13.8 Å². The predicted molar refractivity (Wildman–Crippen MR) is 104 cm³/mol. The van der Waals surface area contributed by atoms with Gasteiger partial charge in [-0.15, -0.1) is 0 Å². The second kappa shape index (κ2) is 8.29. The summed E-state index contributed by atoms with van der Waals surface area (Å²) in [6.07, 6.45) is 0. The van der Waals surface area contributed by atoms with Crippen LogP contribution in [0, 0.1) is 0 Å². The van der Waals surface area contributed by atoms with Crippen LogP contribution in [0.3, 0.4) is 0 Å². The molecule has 0 saturated carbocycles. The van der Waals surface area contributed by atoms with Crippen molar-refractivity contribution in [1.29, 1.82) is 0 Å². The van der Waals surface area contributed by atoms with Crippen molar-refractivity contribution in [1.82, 2.24) is 0 Å². The van der Waals surface area contributed by atoms with Gasteiger partial charge in [-0.25, -0.2) is 0 Å². The fourth-order valence-corrected chi connectivity index (χ4v) is 2.86. The summed E-state index contributed by atoms with van der Waals surface area (Å²) in [6.45, 7) is 2.78. The number of benzene rings is 2. The SMILES string of the molecule is COc1cc(NC(C)=O)c(Cl)cc1-c1cc(Cl)c(NC(C)=O)cc1OC. The van der Waals surface area contributed by atoms with E-state index in [-0.39, 0.29) is 11.8 Å². The Labute approximate surface area is 161 Å². The number of ether oxygens (including phenoxy) is 2. The molecule has 2 N–H and O–H groups in total. The number of hydrogen-bond donors (Lipinski definition) is 2. The van der Waals surface area contributed by atoms with E-state index in [9.17, 15) is 9.59 Å². The molecule has 8 heteroatoms. The highest BCUT2D eigenvalue weighted by Crippen LogP contribution is 2.44. The summed E-state index contributed by atoms with van der Waals surface area (Å²) in [6, 6.07) is 6.54. The molecular formula is C18H18Cl2N2O4. The molecule has 6 nitrogen and oxygen atoms in total. The summed E-state index contributed by atoms with van der Waals surface area (Å²) in [5.41, 5.74) is 2.11. The Kier molecular flexibility index (Phi) is 6.34. The van der Waals surface area contributed by atoms with Crippen LogP contribution in [0.25, 0.3) is 11.1 Å². The van der Waals surface area contributed by atoms with E-state index < -0.39 is 0 Å². The summed E-state index contributed by atoms with van der Waals surface area (Å²) in [7, 11) is 3.01. The molecule has 0 aliphatic rings. The Hall–Kier alpha value is -2.44. The fraction of sp³-hybridized carbons (Fsp3) is 0.222. The molecule has 2 amide bonds. The molecule has 138 valence electrons. The summed E-state index contributed by atoms with van der Waals surface area (Å²) in [4.78, 5) is 22.6. The largest absolute Gasteiger partial charge is 0.496 e. The summed E-state index contributed by atoms with van der Waals surface area (Å²) >= 11 is 12.6. The van der Waals surface area contributed by atoms with Gasteiger partial charge in [-0.1, -0.05) is 23.2 Å². The van der Waals surface area contributed by atoms with Gasteiger partial charge in [-0.3, -0.25) is 9.59 Å². The third kappa shape index (κ3) is 4.39. The predicted octanol–water partition coefficient (Wildman–Crippen LogP) is 4.59.